The molecule has 0 radical (unpaired) electrons. The fourth-order valence-electron chi connectivity index (χ4n) is 3.40. The van der Waals surface area contributed by atoms with Crippen molar-refractivity contribution in [1.29, 1.82) is 0 Å². The summed E-state index contributed by atoms with van der Waals surface area (Å²) in [6, 6.07) is 12.9. The molecule has 3 nitrogen and oxygen atoms in total. The van der Waals surface area contributed by atoms with Gasteiger partial charge in [0.15, 0.2) is 0 Å². The van der Waals surface area contributed by atoms with Crippen LogP contribution in [0.4, 0.5) is 5.69 Å². The number of aliphatic imine (C=N–C) groups is 1. The number of nitrogens with zero attached hydrogens (tertiary/aromatic N) is 3. The van der Waals surface area contributed by atoms with Gasteiger partial charge in [0.25, 0.3) is 0 Å². The van der Waals surface area contributed by atoms with Gasteiger partial charge in [0.2, 0.25) is 0 Å². The largest absolute Gasteiger partial charge is 0.333 e. The lowest BCUT2D eigenvalue weighted by molar-refractivity contribution is 0.590. The van der Waals surface area contributed by atoms with E-state index in [-0.39, 0.29) is 10.8 Å². The third-order valence-corrected chi connectivity index (χ3v) is 5.03. The highest BCUT2D eigenvalue weighted by atomic mass is 15.0. The molecule has 0 atom stereocenters. The molecule has 4 rings (SSSR count). The number of para-hydroxylation sites is 1. The first-order valence-corrected chi connectivity index (χ1v) is 9.64. The molecule has 0 amide bonds. The predicted octanol–water partition coefficient (Wildman–Crippen LogP) is 6.11. The van der Waals surface area contributed by atoms with Gasteiger partial charge in [-0.25, -0.2) is 4.98 Å². The molecule has 0 saturated carbocycles. The van der Waals surface area contributed by atoms with Gasteiger partial charge in [0.1, 0.15) is 0 Å². The van der Waals surface area contributed by atoms with Crippen molar-refractivity contribution < 1.29 is 0 Å². The molecule has 1 aliphatic heterocycles. The van der Waals surface area contributed by atoms with Gasteiger partial charge in [0.05, 0.1) is 23.0 Å². The number of imidazole rings is 1. The Bertz CT molecular complexity index is 979. The summed E-state index contributed by atoms with van der Waals surface area (Å²) in [6.45, 7) is 13.4. The highest BCUT2D eigenvalue weighted by Crippen LogP contribution is 2.30. The molecule has 0 fully saturated rings. The van der Waals surface area contributed by atoms with Crippen molar-refractivity contribution in [1.82, 2.24) is 9.55 Å². The van der Waals surface area contributed by atoms with E-state index in [1.165, 1.54) is 22.2 Å². The molecular weight excluding hydrogens is 330 g/mol. The molecule has 2 aromatic carbocycles. The second kappa shape index (κ2) is 6.95. The van der Waals surface area contributed by atoms with Crippen LogP contribution in [0.25, 0.3) is 11.0 Å². The summed E-state index contributed by atoms with van der Waals surface area (Å²) in [5, 5.41) is 0. The predicted molar refractivity (Wildman–Crippen MR) is 116 cm³/mol. The Labute approximate surface area is 163 Å². The summed E-state index contributed by atoms with van der Waals surface area (Å²) in [4.78, 5) is 8.65. The molecule has 0 bridgehead atoms. The van der Waals surface area contributed by atoms with Gasteiger partial charge in [-0.2, -0.15) is 0 Å². The molecule has 1 aromatic heterocycles. The molecule has 0 N–H and O–H groups in total. The van der Waals surface area contributed by atoms with Crippen molar-refractivity contribution in [3.8, 4) is 0 Å². The molecule has 3 aromatic rings. The fourth-order valence-corrected chi connectivity index (χ4v) is 3.40. The van der Waals surface area contributed by atoms with Crippen LogP contribution in [0.1, 0.15) is 58.2 Å². The average molecular weight is 362 g/mol. The zero-order valence-electron chi connectivity index (χ0n) is 17.7. The van der Waals surface area contributed by atoms with Gasteiger partial charge < -0.3 is 4.57 Å². The molecule has 27 heavy (non-hydrogen) atoms. The van der Waals surface area contributed by atoms with E-state index in [0.717, 1.165) is 17.6 Å². The second-order valence-corrected chi connectivity index (χ2v) is 9.39. The number of hydrogen-bond donors (Lipinski definition) is 0. The highest BCUT2D eigenvalue weighted by Gasteiger charge is 2.18. The Morgan fingerprint density at radius 1 is 0.926 bits per heavy atom. The van der Waals surface area contributed by atoms with Gasteiger partial charge in [0, 0.05) is 19.7 Å². The van der Waals surface area contributed by atoms with E-state index < -0.39 is 0 Å². The topological polar surface area (TPSA) is 30.2 Å². The minimum absolute atomic E-state index is 0.174. The van der Waals surface area contributed by atoms with Crippen molar-refractivity contribution in [3.05, 3.63) is 59.4 Å². The minimum Gasteiger partial charge on any atom is -0.333 e. The molecule has 142 valence electrons. The first-order chi connectivity index (χ1) is 12.6. The summed E-state index contributed by atoms with van der Waals surface area (Å²) in [6.07, 6.45) is 4.86. The van der Waals surface area contributed by atoms with Crippen LogP contribution in [0.15, 0.2) is 47.7 Å². The van der Waals surface area contributed by atoms with Crippen LogP contribution < -0.4 is 0 Å². The Hall–Kier alpha value is -2.42. The summed E-state index contributed by atoms with van der Waals surface area (Å²) in [7, 11) is 2.05. The maximum atomic E-state index is 4.36. The Balaban J connectivity index is 0.000000156. The molecule has 1 aliphatic rings. The number of rotatable bonds is 0. The fraction of sp³-hybridized carbons (Fsp3) is 0.417. The normalized spacial score (nSPS) is 13.4. The van der Waals surface area contributed by atoms with Crippen molar-refractivity contribution in [2.24, 2.45) is 12.0 Å². The lowest BCUT2D eigenvalue weighted by Gasteiger charge is -2.20. The van der Waals surface area contributed by atoms with Crippen molar-refractivity contribution in [3.63, 3.8) is 0 Å². The molecule has 3 heteroatoms. The number of benzene rings is 2. The third kappa shape index (κ3) is 4.13. The average Bonchev–Trinajstić information content (AvgIpc) is 3.20. The van der Waals surface area contributed by atoms with Gasteiger partial charge in [-0.3, -0.25) is 4.99 Å². The van der Waals surface area contributed by atoms with E-state index in [1.807, 2.05) is 19.6 Å². The molecule has 0 unspecified atom stereocenters. The van der Waals surface area contributed by atoms with Gasteiger partial charge in [-0.05, 0) is 39.7 Å². The highest BCUT2D eigenvalue weighted by molar-refractivity contribution is 5.80. The van der Waals surface area contributed by atoms with E-state index in [1.54, 1.807) is 0 Å². The maximum absolute atomic E-state index is 4.36. The SMILES string of the molecule is CC(C)(C)c1ccc2c(c1)CC=N2.Cn1cnc2cccc(C(C)(C)C)c21. The van der Waals surface area contributed by atoms with Gasteiger partial charge in [-0.15, -0.1) is 0 Å². The van der Waals surface area contributed by atoms with Crippen molar-refractivity contribution in [2.75, 3.05) is 0 Å². The van der Waals surface area contributed by atoms with E-state index in [9.17, 15) is 0 Å². The maximum Gasteiger partial charge on any atom is 0.0955 e. The van der Waals surface area contributed by atoms with E-state index in [2.05, 4.69) is 92.5 Å². The van der Waals surface area contributed by atoms with E-state index in [4.69, 9.17) is 0 Å². The van der Waals surface area contributed by atoms with Gasteiger partial charge in [-0.1, -0.05) is 65.8 Å². The zero-order chi connectivity index (χ0) is 19.8. The smallest absolute Gasteiger partial charge is 0.0955 e. The monoisotopic (exact) mass is 361 g/mol. The van der Waals surface area contributed by atoms with Crippen molar-refractivity contribution in [2.45, 2.75) is 58.8 Å². The molecule has 0 aliphatic carbocycles. The number of aryl methyl sites for hydroxylation is 1. The zero-order valence-corrected chi connectivity index (χ0v) is 17.7. The van der Waals surface area contributed by atoms with Crippen LogP contribution >= 0.6 is 0 Å². The van der Waals surface area contributed by atoms with Crippen LogP contribution in [-0.4, -0.2) is 15.8 Å². The molecular formula is C24H31N3. The lowest BCUT2D eigenvalue weighted by atomic mass is 9.86. The van der Waals surface area contributed by atoms with Crippen LogP contribution in [0.2, 0.25) is 0 Å². The van der Waals surface area contributed by atoms with Gasteiger partial charge >= 0.3 is 0 Å². The van der Waals surface area contributed by atoms with Crippen LogP contribution in [0.3, 0.4) is 0 Å². The Morgan fingerprint density at radius 2 is 1.67 bits per heavy atom. The lowest BCUT2D eigenvalue weighted by Crippen LogP contribution is -2.12. The first-order valence-electron chi connectivity index (χ1n) is 9.64. The Morgan fingerprint density at radius 3 is 2.33 bits per heavy atom. The summed E-state index contributed by atoms with van der Waals surface area (Å²) >= 11 is 0. The number of hydrogen-bond acceptors (Lipinski definition) is 2. The second-order valence-electron chi connectivity index (χ2n) is 9.39. The van der Waals surface area contributed by atoms with Crippen LogP contribution in [0, 0.1) is 0 Å². The molecule has 0 spiro atoms. The summed E-state index contributed by atoms with van der Waals surface area (Å²) in [5.41, 5.74) is 8.03. The van der Waals surface area contributed by atoms with Crippen LogP contribution in [0.5, 0.6) is 0 Å². The van der Waals surface area contributed by atoms with E-state index >= 15 is 0 Å². The number of fused-ring (bicyclic) bond motifs is 2. The third-order valence-electron chi connectivity index (χ3n) is 5.03. The minimum atomic E-state index is 0.174. The standard InChI is InChI=1S/C12H16N2.C12H15N/c1-12(2,3)9-6-5-7-10-11(9)14(4)8-13-10;1-12(2,3)10-4-5-11-9(8-10)6-7-13-11/h5-8H,1-4H3;4-5,7-8H,6H2,1-3H3. The first kappa shape index (κ1) is 19.3. The molecule has 0 saturated heterocycles. The summed E-state index contributed by atoms with van der Waals surface area (Å²) in [5.74, 6) is 0. The number of aromatic nitrogens is 2. The Kier molecular flexibility index (Phi) is 4.98. The summed E-state index contributed by atoms with van der Waals surface area (Å²) < 4.78 is 2.09. The molecule has 2 heterocycles. The van der Waals surface area contributed by atoms with Crippen molar-refractivity contribution >= 4 is 22.9 Å². The van der Waals surface area contributed by atoms with Crippen LogP contribution in [-0.2, 0) is 24.3 Å². The van der Waals surface area contributed by atoms with E-state index in [0.29, 0.717) is 0 Å². The quantitative estimate of drug-likeness (QED) is 0.475.